The lowest BCUT2D eigenvalue weighted by Crippen LogP contribution is -1.97. The van der Waals surface area contributed by atoms with E-state index in [9.17, 15) is 0 Å². The topological polar surface area (TPSA) is 37.8 Å². The number of aryl methyl sites for hydroxylation is 2. The van der Waals surface area contributed by atoms with Crippen molar-refractivity contribution in [2.45, 2.75) is 13.8 Å². The third-order valence-electron chi connectivity index (χ3n) is 4.17. The smallest absolute Gasteiger partial charge is 0.143 e. The van der Waals surface area contributed by atoms with Gasteiger partial charge in [0.1, 0.15) is 17.0 Å². The van der Waals surface area contributed by atoms with Gasteiger partial charge in [0.05, 0.1) is 5.39 Å². The van der Waals surface area contributed by atoms with Crippen LogP contribution in [0.5, 0.6) is 0 Å². The molecule has 0 amide bonds. The van der Waals surface area contributed by atoms with Gasteiger partial charge in [0.2, 0.25) is 0 Å². The Hall–Kier alpha value is -1.99. The molecule has 4 aromatic rings. The number of aromatic nitrogens is 2. The lowest BCUT2D eigenvalue weighted by molar-refractivity contribution is 1.22. The average Bonchev–Trinajstić information content (AvgIpc) is 2.95. The Morgan fingerprint density at radius 2 is 1.80 bits per heavy atom. The number of anilines is 2. The van der Waals surface area contributed by atoms with Crippen molar-refractivity contribution in [3.63, 3.8) is 0 Å². The summed E-state index contributed by atoms with van der Waals surface area (Å²) in [4.78, 5) is 11.3. The molecule has 0 fully saturated rings. The molecule has 0 saturated heterocycles. The van der Waals surface area contributed by atoms with Crippen LogP contribution in [0.15, 0.2) is 54.9 Å². The Bertz CT molecular complexity index is 1060. The largest absolute Gasteiger partial charge is 0.339 e. The van der Waals surface area contributed by atoms with Gasteiger partial charge < -0.3 is 5.32 Å². The summed E-state index contributed by atoms with van der Waals surface area (Å²) in [5, 5.41) is 4.61. The highest BCUT2D eigenvalue weighted by Crippen LogP contribution is 2.41. The number of thiophene rings is 1. The van der Waals surface area contributed by atoms with Crippen LogP contribution in [0.3, 0.4) is 0 Å². The van der Waals surface area contributed by atoms with Crippen molar-refractivity contribution in [2.75, 3.05) is 5.32 Å². The van der Waals surface area contributed by atoms with Crippen LogP contribution in [0.2, 0.25) is 0 Å². The van der Waals surface area contributed by atoms with Crippen LogP contribution in [0.1, 0.15) is 10.4 Å². The van der Waals surface area contributed by atoms with E-state index in [4.69, 9.17) is 0 Å². The summed E-state index contributed by atoms with van der Waals surface area (Å²) >= 11 is 4.04. The molecule has 4 rings (SSSR count). The Labute approximate surface area is 164 Å². The number of hydrogen-bond acceptors (Lipinski definition) is 4. The van der Waals surface area contributed by atoms with Gasteiger partial charge in [-0.3, -0.25) is 0 Å². The van der Waals surface area contributed by atoms with Crippen LogP contribution >= 0.6 is 33.9 Å². The molecule has 25 heavy (non-hydrogen) atoms. The molecule has 0 aliphatic rings. The molecule has 5 heteroatoms. The van der Waals surface area contributed by atoms with Gasteiger partial charge in [-0.2, -0.15) is 0 Å². The van der Waals surface area contributed by atoms with Crippen LogP contribution in [-0.2, 0) is 0 Å². The molecule has 3 nitrogen and oxygen atoms in total. The maximum atomic E-state index is 4.55. The fourth-order valence-corrected chi connectivity index (χ4v) is 4.65. The molecule has 2 aromatic carbocycles. The van der Waals surface area contributed by atoms with Gasteiger partial charge in [0.25, 0.3) is 0 Å². The Kier molecular flexibility index (Phi) is 4.43. The lowest BCUT2D eigenvalue weighted by Gasteiger charge is -2.11. The molecule has 1 N–H and O–H groups in total. The van der Waals surface area contributed by atoms with E-state index in [1.54, 1.807) is 17.7 Å². The molecule has 0 atom stereocenters. The Morgan fingerprint density at radius 1 is 1.00 bits per heavy atom. The monoisotopic (exact) mass is 457 g/mol. The predicted octanol–water partition coefficient (Wildman–Crippen LogP) is 6.32. The summed E-state index contributed by atoms with van der Waals surface area (Å²) in [6.07, 6.45) is 1.64. The highest BCUT2D eigenvalue weighted by Gasteiger charge is 2.17. The van der Waals surface area contributed by atoms with Crippen molar-refractivity contribution in [2.24, 2.45) is 0 Å². The van der Waals surface area contributed by atoms with Crippen molar-refractivity contribution in [1.82, 2.24) is 9.97 Å². The average molecular weight is 457 g/mol. The molecule has 124 valence electrons. The predicted molar refractivity (Wildman–Crippen MR) is 115 cm³/mol. The zero-order chi connectivity index (χ0) is 17.4. The second-order valence-corrected chi connectivity index (χ2v) is 8.33. The lowest BCUT2D eigenvalue weighted by atomic mass is 10.0. The summed E-state index contributed by atoms with van der Waals surface area (Å²) < 4.78 is 1.23. The van der Waals surface area contributed by atoms with E-state index in [2.05, 4.69) is 94.2 Å². The van der Waals surface area contributed by atoms with Gasteiger partial charge in [-0.25, -0.2) is 9.97 Å². The number of halogens is 1. The number of nitrogens with one attached hydrogen (secondary N) is 1. The van der Waals surface area contributed by atoms with Crippen LogP contribution in [0, 0.1) is 17.4 Å². The summed E-state index contributed by atoms with van der Waals surface area (Å²) in [7, 11) is 0. The zero-order valence-corrected chi connectivity index (χ0v) is 16.9. The Morgan fingerprint density at radius 3 is 2.56 bits per heavy atom. The van der Waals surface area contributed by atoms with Crippen molar-refractivity contribution in [3.8, 4) is 11.1 Å². The molecule has 0 radical (unpaired) electrons. The molecule has 0 aliphatic carbocycles. The standard InChI is InChI=1S/C20H16IN3S/c1-12-10-15(21)8-9-16(12)24-19-18-17(14-6-4-3-5-7-14)13(2)25-20(18)23-11-22-19/h3-11H,1-2H3,(H,22,23,24). The minimum Gasteiger partial charge on any atom is -0.339 e. The number of fused-ring (bicyclic) bond motifs is 1. The van der Waals surface area contributed by atoms with Gasteiger partial charge in [-0.15, -0.1) is 11.3 Å². The summed E-state index contributed by atoms with van der Waals surface area (Å²) in [5.74, 6) is 0.859. The summed E-state index contributed by atoms with van der Waals surface area (Å²) in [6.45, 7) is 4.26. The first-order valence-electron chi connectivity index (χ1n) is 7.96. The SMILES string of the molecule is Cc1cc(I)ccc1Nc1ncnc2sc(C)c(-c3ccccc3)c12. The molecule has 0 spiro atoms. The fraction of sp³-hybridized carbons (Fsp3) is 0.100. The van der Waals surface area contributed by atoms with Crippen LogP contribution in [0.25, 0.3) is 21.3 Å². The van der Waals surface area contributed by atoms with Crippen LogP contribution in [-0.4, -0.2) is 9.97 Å². The fourth-order valence-electron chi connectivity index (χ4n) is 2.99. The highest BCUT2D eigenvalue weighted by molar-refractivity contribution is 14.1. The van der Waals surface area contributed by atoms with E-state index in [0.29, 0.717) is 0 Å². The van der Waals surface area contributed by atoms with Gasteiger partial charge in [-0.05, 0) is 65.8 Å². The van der Waals surface area contributed by atoms with Crippen molar-refractivity contribution >= 4 is 55.6 Å². The van der Waals surface area contributed by atoms with Crippen molar-refractivity contribution in [1.29, 1.82) is 0 Å². The van der Waals surface area contributed by atoms with E-state index in [1.165, 1.54) is 25.1 Å². The van der Waals surface area contributed by atoms with Gasteiger partial charge >= 0.3 is 0 Å². The molecular weight excluding hydrogens is 441 g/mol. The minimum absolute atomic E-state index is 0.859. The number of nitrogens with zero attached hydrogens (tertiary/aromatic N) is 2. The maximum absolute atomic E-state index is 4.55. The van der Waals surface area contributed by atoms with Crippen molar-refractivity contribution < 1.29 is 0 Å². The van der Waals surface area contributed by atoms with E-state index < -0.39 is 0 Å². The number of hydrogen-bond donors (Lipinski definition) is 1. The third kappa shape index (κ3) is 3.14. The number of rotatable bonds is 3. The summed E-state index contributed by atoms with van der Waals surface area (Å²) in [5.41, 5.74) is 4.69. The molecule has 0 aliphatic heterocycles. The molecule has 2 aromatic heterocycles. The number of benzene rings is 2. The van der Waals surface area contributed by atoms with E-state index >= 15 is 0 Å². The van der Waals surface area contributed by atoms with E-state index in [-0.39, 0.29) is 0 Å². The third-order valence-corrected chi connectivity index (χ3v) is 5.85. The van der Waals surface area contributed by atoms with Crippen LogP contribution < -0.4 is 5.32 Å². The molecule has 0 unspecified atom stereocenters. The first kappa shape index (κ1) is 16.5. The minimum atomic E-state index is 0.859. The first-order valence-corrected chi connectivity index (χ1v) is 9.85. The highest BCUT2D eigenvalue weighted by atomic mass is 127. The summed E-state index contributed by atoms with van der Waals surface area (Å²) in [6, 6.07) is 16.8. The van der Waals surface area contributed by atoms with E-state index in [1.807, 2.05) is 6.07 Å². The van der Waals surface area contributed by atoms with Gasteiger partial charge in [0.15, 0.2) is 0 Å². The molecular formula is C20H16IN3S. The van der Waals surface area contributed by atoms with Crippen molar-refractivity contribution in [3.05, 3.63) is 68.9 Å². The van der Waals surface area contributed by atoms with Gasteiger partial charge in [-0.1, -0.05) is 30.3 Å². The second kappa shape index (κ2) is 6.72. The first-order chi connectivity index (χ1) is 12.1. The van der Waals surface area contributed by atoms with E-state index in [0.717, 1.165) is 21.7 Å². The normalized spacial score (nSPS) is 11.0. The maximum Gasteiger partial charge on any atom is 0.143 e. The molecule has 0 saturated carbocycles. The quantitative estimate of drug-likeness (QED) is 0.366. The Balaban J connectivity index is 1.90. The second-order valence-electron chi connectivity index (χ2n) is 5.89. The molecule has 0 bridgehead atoms. The molecule has 2 heterocycles. The zero-order valence-electron chi connectivity index (χ0n) is 13.9. The van der Waals surface area contributed by atoms with Gasteiger partial charge in [0, 0.05) is 19.7 Å². The van der Waals surface area contributed by atoms with Crippen LogP contribution in [0.4, 0.5) is 11.5 Å².